The molecule has 1 aliphatic heterocycles. The smallest absolute Gasteiger partial charge is 0.416 e. The number of hydrogen-bond acceptors (Lipinski definition) is 5. The summed E-state index contributed by atoms with van der Waals surface area (Å²) in [5, 5.41) is 2.43. The number of benzene rings is 2. The maximum atomic E-state index is 13.0. The van der Waals surface area contributed by atoms with Crippen molar-refractivity contribution in [1.29, 1.82) is 0 Å². The van der Waals surface area contributed by atoms with Crippen LogP contribution in [0.2, 0.25) is 0 Å². The lowest BCUT2D eigenvalue weighted by Crippen LogP contribution is -2.37. The third-order valence-electron chi connectivity index (χ3n) is 4.35. The lowest BCUT2D eigenvalue weighted by Gasteiger charge is -2.13. The Morgan fingerprint density at radius 2 is 1.77 bits per heavy atom. The summed E-state index contributed by atoms with van der Waals surface area (Å²) in [7, 11) is -3.98. The Balaban J connectivity index is 1.66. The highest BCUT2D eigenvalue weighted by atomic mass is 32.2. The van der Waals surface area contributed by atoms with Gasteiger partial charge in [0.2, 0.25) is 15.9 Å². The number of sulfonamides is 1. The maximum Gasteiger partial charge on any atom is 0.416 e. The van der Waals surface area contributed by atoms with E-state index in [-0.39, 0.29) is 29.2 Å². The summed E-state index contributed by atoms with van der Waals surface area (Å²) in [6.07, 6.45) is -4.85. The van der Waals surface area contributed by atoms with Crippen molar-refractivity contribution in [3.63, 3.8) is 0 Å². The van der Waals surface area contributed by atoms with Crippen LogP contribution in [0.1, 0.15) is 17.5 Å². The number of esters is 1. The number of rotatable bonds is 6. The molecule has 0 radical (unpaired) electrons. The van der Waals surface area contributed by atoms with Crippen LogP contribution in [-0.4, -0.2) is 32.9 Å². The van der Waals surface area contributed by atoms with Gasteiger partial charge in [-0.2, -0.15) is 17.9 Å². The minimum atomic E-state index is -4.58. The average Bonchev–Trinajstić information content (AvgIpc) is 3.05. The summed E-state index contributed by atoms with van der Waals surface area (Å²) in [5.74, 6) is -1.34. The van der Waals surface area contributed by atoms with Crippen molar-refractivity contribution in [2.75, 3.05) is 11.9 Å². The average molecular weight is 442 g/mol. The van der Waals surface area contributed by atoms with Gasteiger partial charge in [0.25, 0.3) is 0 Å². The van der Waals surface area contributed by atoms with Crippen LogP contribution >= 0.6 is 0 Å². The van der Waals surface area contributed by atoms with E-state index >= 15 is 0 Å². The molecule has 0 bridgehead atoms. The number of alkyl halides is 3. The number of ether oxygens (including phenoxy) is 1. The van der Waals surface area contributed by atoms with Gasteiger partial charge in [-0.3, -0.25) is 9.59 Å². The highest BCUT2D eigenvalue weighted by molar-refractivity contribution is 7.89. The Labute approximate surface area is 170 Å². The van der Waals surface area contributed by atoms with Crippen LogP contribution in [0.5, 0.6) is 0 Å². The molecule has 3 rings (SSSR count). The summed E-state index contributed by atoms with van der Waals surface area (Å²) in [6.45, 7) is 0.133. The number of anilines is 1. The van der Waals surface area contributed by atoms with Crippen molar-refractivity contribution in [3.05, 3.63) is 59.7 Å². The second kappa shape index (κ2) is 8.44. The Kier molecular flexibility index (Phi) is 6.13. The monoisotopic (exact) mass is 442 g/mol. The van der Waals surface area contributed by atoms with Gasteiger partial charge in [-0.25, -0.2) is 8.42 Å². The third-order valence-corrected chi connectivity index (χ3v) is 5.84. The van der Waals surface area contributed by atoms with E-state index in [1.165, 1.54) is 42.5 Å². The van der Waals surface area contributed by atoms with Crippen molar-refractivity contribution in [3.8, 4) is 0 Å². The fourth-order valence-electron chi connectivity index (χ4n) is 2.90. The molecule has 1 saturated heterocycles. The molecule has 1 heterocycles. The first kappa shape index (κ1) is 21.8. The van der Waals surface area contributed by atoms with Crippen molar-refractivity contribution in [1.82, 2.24) is 4.72 Å². The standard InChI is InChI=1S/C19H17F3N2O5S/c20-19(21,22)15-4-2-1-3-12(15)11-17(25)23-13-5-7-14(8-6-13)30(27,28)24-16-9-10-29-18(16)26/h1-8,16,24H,9-11H2,(H,23,25). The highest BCUT2D eigenvalue weighted by Crippen LogP contribution is 2.32. The van der Waals surface area contributed by atoms with E-state index in [4.69, 9.17) is 4.74 Å². The minimum absolute atomic E-state index is 0.133. The number of hydrogen-bond donors (Lipinski definition) is 2. The molecule has 160 valence electrons. The topological polar surface area (TPSA) is 102 Å². The number of carbonyl (C=O) groups excluding carboxylic acids is 2. The van der Waals surface area contributed by atoms with Crippen LogP contribution in [0.4, 0.5) is 18.9 Å². The van der Waals surface area contributed by atoms with Gasteiger partial charge in [0.15, 0.2) is 0 Å². The van der Waals surface area contributed by atoms with Crippen LogP contribution < -0.4 is 10.0 Å². The summed E-state index contributed by atoms with van der Waals surface area (Å²) in [6, 6.07) is 8.83. The van der Waals surface area contributed by atoms with Crippen LogP contribution in [0.3, 0.4) is 0 Å². The first-order valence-electron chi connectivity index (χ1n) is 8.80. The van der Waals surface area contributed by atoms with Gasteiger partial charge < -0.3 is 10.1 Å². The van der Waals surface area contributed by atoms with E-state index in [0.717, 1.165) is 6.07 Å². The third kappa shape index (κ3) is 5.16. The molecule has 0 spiro atoms. The maximum absolute atomic E-state index is 13.0. The number of carbonyl (C=O) groups is 2. The van der Waals surface area contributed by atoms with Crippen LogP contribution in [0.15, 0.2) is 53.4 Å². The van der Waals surface area contributed by atoms with Crippen molar-refractivity contribution >= 4 is 27.6 Å². The van der Waals surface area contributed by atoms with Crippen molar-refractivity contribution in [2.45, 2.75) is 30.0 Å². The fourth-order valence-corrected chi connectivity index (χ4v) is 4.12. The van der Waals surface area contributed by atoms with Gasteiger partial charge in [-0.05, 0) is 35.9 Å². The molecule has 1 aliphatic rings. The second-order valence-electron chi connectivity index (χ2n) is 6.53. The minimum Gasteiger partial charge on any atom is -0.464 e. The Morgan fingerprint density at radius 3 is 2.37 bits per heavy atom. The molecule has 2 aromatic rings. The summed E-state index contributed by atoms with van der Waals surface area (Å²) < 4.78 is 70.7. The number of amides is 1. The van der Waals surface area contributed by atoms with Crippen LogP contribution in [0, 0.1) is 0 Å². The van der Waals surface area contributed by atoms with Crippen molar-refractivity contribution < 1.29 is 35.9 Å². The van der Waals surface area contributed by atoms with E-state index in [9.17, 15) is 31.2 Å². The van der Waals surface area contributed by atoms with E-state index in [2.05, 4.69) is 10.0 Å². The fraction of sp³-hybridized carbons (Fsp3) is 0.263. The molecule has 1 unspecified atom stereocenters. The van der Waals surface area contributed by atoms with Gasteiger partial charge in [-0.15, -0.1) is 0 Å². The van der Waals surface area contributed by atoms with E-state index in [1.54, 1.807) is 0 Å². The first-order valence-corrected chi connectivity index (χ1v) is 10.3. The molecular weight excluding hydrogens is 425 g/mol. The molecule has 30 heavy (non-hydrogen) atoms. The Hall–Kier alpha value is -2.92. The van der Waals surface area contributed by atoms with Gasteiger partial charge in [-0.1, -0.05) is 18.2 Å². The highest BCUT2D eigenvalue weighted by Gasteiger charge is 2.33. The molecular formula is C19H17F3N2O5S. The lowest BCUT2D eigenvalue weighted by molar-refractivity contribution is -0.139. The van der Waals surface area contributed by atoms with E-state index < -0.39 is 46.1 Å². The van der Waals surface area contributed by atoms with Crippen LogP contribution in [0.25, 0.3) is 0 Å². The van der Waals surface area contributed by atoms with Gasteiger partial charge in [0.05, 0.1) is 23.5 Å². The quantitative estimate of drug-likeness (QED) is 0.670. The largest absolute Gasteiger partial charge is 0.464 e. The molecule has 1 fully saturated rings. The molecule has 11 heteroatoms. The van der Waals surface area contributed by atoms with E-state index in [1.807, 2.05) is 0 Å². The predicted octanol–water partition coefficient (Wildman–Crippen LogP) is 2.48. The Morgan fingerprint density at radius 1 is 1.10 bits per heavy atom. The normalized spacial score (nSPS) is 16.9. The molecule has 1 atom stereocenters. The molecule has 7 nitrogen and oxygen atoms in total. The summed E-state index contributed by atoms with van der Waals surface area (Å²) >= 11 is 0. The predicted molar refractivity (Wildman–Crippen MR) is 99.9 cm³/mol. The molecule has 0 aliphatic carbocycles. The second-order valence-corrected chi connectivity index (χ2v) is 8.25. The zero-order valence-corrected chi connectivity index (χ0v) is 16.2. The zero-order valence-electron chi connectivity index (χ0n) is 15.4. The Bertz CT molecular complexity index is 1050. The SMILES string of the molecule is O=C(Cc1ccccc1C(F)(F)F)Nc1ccc(S(=O)(=O)NC2CCOC2=O)cc1. The first-order chi connectivity index (χ1) is 14.1. The number of nitrogens with one attached hydrogen (secondary N) is 2. The molecule has 1 amide bonds. The molecule has 0 saturated carbocycles. The molecule has 2 N–H and O–H groups in total. The lowest BCUT2D eigenvalue weighted by atomic mass is 10.0. The van der Waals surface area contributed by atoms with Crippen molar-refractivity contribution in [2.24, 2.45) is 0 Å². The zero-order chi connectivity index (χ0) is 21.9. The van der Waals surface area contributed by atoms with Crippen LogP contribution in [-0.2, 0) is 36.9 Å². The van der Waals surface area contributed by atoms with Gasteiger partial charge >= 0.3 is 12.1 Å². The van der Waals surface area contributed by atoms with Gasteiger partial charge in [0.1, 0.15) is 6.04 Å². The summed E-state index contributed by atoms with van der Waals surface area (Å²) in [4.78, 5) is 23.4. The molecule has 2 aromatic carbocycles. The summed E-state index contributed by atoms with van der Waals surface area (Å²) in [5.41, 5.74) is -0.851. The van der Waals surface area contributed by atoms with E-state index in [0.29, 0.717) is 0 Å². The number of cyclic esters (lactones) is 1. The molecule has 0 aromatic heterocycles. The van der Waals surface area contributed by atoms with Gasteiger partial charge in [0, 0.05) is 12.1 Å². The number of halogens is 3.